The average Bonchev–Trinajstić information content (AvgIpc) is 2.26. The van der Waals surface area contributed by atoms with E-state index in [1.54, 1.807) is 14.2 Å². The zero-order valence-corrected chi connectivity index (χ0v) is 11.7. The monoisotopic (exact) mass is 225 g/mol. The van der Waals surface area contributed by atoms with Gasteiger partial charge in [0.2, 0.25) is 5.91 Å². The first-order chi connectivity index (χ1) is 7.10. The molecule has 5 nitrogen and oxygen atoms in total. The molecule has 0 aromatic heterocycles. The van der Waals surface area contributed by atoms with Crippen molar-refractivity contribution in [2.24, 2.45) is 11.6 Å². The first-order valence-corrected chi connectivity index (χ1v) is 5.17. The van der Waals surface area contributed by atoms with E-state index in [0.717, 1.165) is 6.54 Å². The molecule has 0 aliphatic rings. The molecule has 0 rings (SSSR count). The third-order valence-corrected chi connectivity index (χ3v) is 0.203. The molecule has 0 aliphatic carbocycles. The maximum atomic E-state index is 9.58. The summed E-state index contributed by atoms with van der Waals surface area (Å²) in [5, 5.41) is 0. The zero-order valence-electron chi connectivity index (χ0n) is 11.7. The van der Waals surface area contributed by atoms with Crippen LogP contribution in [0.3, 0.4) is 0 Å². The van der Waals surface area contributed by atoms with E-state index in [2.05, 4.69) is 10.6 Å². The molecule has 0 aliphatic heterocycles. The maximum Gasteiger partial charge on any atom is 0.230 e. The lowest BCUT2D eigenvalue weighted by Gasteiger charge is -1.80. The lowest BCUT2D eigenvalue weighted by molar-refractivity contribution is -0.119. The Bertz CT molecular complexity index is 69.7. The molecular formula is C10H31N3O2. The lowest BCUT2D eigenvalue weighted by Crippen LogP contribution is -2.26. The van der Waals surface area contributed by atoms with Gasteiger partial charge in [0.15, 0.2) is 0 Å². The minimum absolute atomic E-state index is 0.218. The molecule has 15 heavy (non-hydrogen) atoms. The van der Waals surface area contributed by atoms with Gasteiger partial charge in [0, 0.05) is 21.1 Å². The number of carbonyl (C=O) groups is 1. The van der Waals surface area contributed by atoms with Gasteiger partial charge >= 0.3 is 0 Å². The fourth-order valence-corrected chi connectivity index (χ4v) is 0. The van der Waals surface area contributed by atoms with Crippen LogP contribution in [0.5, 0.6) is 0 Å². The molecule has 0 saturated heterocycles. The van der Waals surface area contributed by atoms with Gasteiger partial charge in [0.05, 0.1) is 0 Å². The molecule has 98 valence electrons. The molecule has 0 heterocycles. The van der Waals surface area contributed by atoms with E-state index in [1.165, 1.54) is 6.92 Å². The first kappa shape index (κ1) is 29.3. The van der Waals surface area contributed by atoms with Gasteiger partial charge in [0.25, 0.3) is 0 Å². The number of carbonyl (C=O) groups excluding carboxylic acids is 1. The topological polar surface area (TPSA) is 90.4 Å². The summed E-state index contributed by atoms with van der Waals surface area (Å²) in [7, 11) is 3.25. The minimum Gasteiger partial charge on any atom is -0.388 e. The van der Waals surface area contributed by atoms with Crippen LogP contribution in [0, 0.1) is 0 Å². The second kappa shape index (κ2) is 71.1. The van der Waals surface area contributed by atoms with E-state index in [9.17, 15) is 4.79 Å². The number of nitrogens with two attached hydrogens (primary N) is 2. The van der Waals surface area contributed by atoms with Crippen molar-refractivity contribution in [3.05, 3.63) is 0 Å². The standard InChI is InChI=1S/C2H6N2O.C2H7N.C2H6O.2C2H6/c1-2(5)4-3;1-2-3;1-3-2;2*1-2/h3H2,1H3,(H,4,5);2-3H2,1H3;1-2H3;2*1-2H3. The summed E-state index contributed by atoms with van der Waals surface area (Å²) in [5.41, 5.74) is 6.74. The van der Waals surface area contributed by atoms with E-state index in [4.69, 9.17) is 5.73 Å². The Morgan fingerprint density at radius 2 is 1.27 bits per heavy atom. The fraction of sp³-hybridized carbons (Fsp3) is 0.900. The number of methoxy groups -OCH3 is 1. The highest BCUT2D eigenvalue weighted by atomic mass is 16.4. The van der Waals surface area contributed by atoms with Gasteiger partial charge in [-0.3, -0.25) is 10.2 Å². The summed E-state index contributed by atoms with van der Waals surface area (Å²) in [6.07, 6.45) is 0. The van der Waals surface area contributed by atoms with Crippen LogP contribution in [0.15, 0.2) is 0 Å². The van der Waals surface area contributed by atoms with Gasteiger partial charge in [-0.15, -0.1) is 0 Å². The first-order valence-electron chi connectivity index (χ1n) is 5.17. The Hall–Kier alpha value is -0.650. The van der Waals surface area contributed by atoms with Crippen molar-refractivity contribution in [3.63, 3.8) is 0 Å². The smallest absolute Gasteiger partial charge is 0.230 e. The minimum atomic E-state index is -0.218. The van der Waals surface area contributed by atoms with Crippen LogP contribution in [0.1, 0.15) is 41.5 Å². The van der Waals surface area contributed by atoms with Gasteiger partial charge < -0.3 is 10.5 Å². The van der Waals surface area contributed by atoms with Gasteiger partial charge in [-0.25, -0.2) is 5.84 Å². The molecular weight excluding hydrogens is 194 g/mol. The molecule has 0 spiro atoms. The Morgan fingerprint density at radius 3 is 1.27 bits per heavy atom. The summed E-state index contributed by atoms with van der Waals surface area (Å²) < 4.78 is 4.25. The largest absolute Gasteiger partial charge is 0.388 e. The molecule has 0 radical (unpaired) electrons. The average molecular weight is 225 g/mol. The van der Waals surface area contributed by atoms with E-state index in [0.29, 0.717) is 0 Å². The van der Waals surface area contributed by atoms with Crippen LogP contribution in [0.25, 0.3) is 0 Å². The van der Waals surface area contributed by atoms with Crippen LogP contribution in [-0.4, -0.2) is 26.7 Å². The number of nitrogens with one attached hydrogen (secondary N) is 1. The maximum absolute atomic E-state index is 9.58. The quantitative estimate of drug-likeness (QED) is 0.329. The Balaban J connectivity index is -0.0000000296. The highest BCUT2D eigenvalue weighted by Crippen LogP contribution is 1.41. The molecule has 0 atom stereocenters. The number of hydrazine groups is 1. The second-order valence-corrected chi connectivity index (χ2v) is 1.52. The molecule has 0 saturated carbocycles. The van der Waals surface area contributed by atoms with Crippen molar-refractivity contribution < 1.29 is 9.53 Å². The summed E-state index contributed by atoms with van der Waals surface area (Å²) in [6.45, 7) is 12.0. The van der Waals surface area contributed by atoms with Gasteiger partial charge in [0.1, 0.15) is 0 Å². The van der Waals surface area contributed by atoms with Crippen molar-refractivity contribution >= 4 is 5.91 Å². The van der Waals surface area contributed by atoms with Crippen LogP contribution in [-0.2, 0) is 9.53 Å². The molecule has 5 N–H and O–H groups in total. The van der Waals surface area contributed by atoms with Crippen LogP contribution in [0.4, 0.5) is 0 Å². The Labute approximate surface area is 95.5 Å². The van der Waals surface area contributed by atoms with Crippen molar-refractivity contribution in [2.75, 3.05) is 20.8 Å². The van der Waals surface area contributed by atoms with Crippen molar-refractivity contribution in [3.8, 4) is 0 Å². The predicted molar refractivity (Wildman–Crippen MR) is 68.4 cm³/mol. The van der Waals surface area contributed by atoms with Gasteiger partial charge in [-0.05, 0) is 6.54 Å². The van der Waals surface area contributed by atoms with Crippen LogP contribution < -0.4 is 17.0 Å². The summed E-state index contributed by atoms with van der Waals surface area (Å²) in [4.78, 5) is 9.58. The van der Waals surface area contributed by atoms with E-state index in [-0.39, 0.29) is 5.91 Å². The van der Waals surface area contributed by atoms with Crippen molar-refractivity contribution in [2.45, 2.75) is 41.5 Å². The molecule has 0 fully saturated rings. The third kappa shape index (κ3) is 944. The number of hydrogen-bond acceptors (Lipinski definition) is 4. The number of amides is 1. The highest BCUT2D eigenvalue weighted by molar-refractivity contribution is 5.71. The summed E-state index contributed by atoms with van der Waals surface area (Å²) in [6, 6.07) is 0. The van der Waals surface area contributed by atoms with Gasteiger partial charge in [-0.2, -0.15) is 0 Å². The molecule has 0 unspecified atom stereocenters. The zero-order chi connectivity index (χ0) is 13.7. The Kier molecular flexibility index (Phi) is 139. The van der Waals surface area contributed by atoms with Crippen molar-refractivity contribution in [1.29, 1.82) is 0 Å². The van der Waals surface area contributed by atoms with E-state index >= 15 is 0 Å². The number of hydrogen-bond donors (Lipinski definition) is 3. The second-order valence-electron chi connectivity index (χ2n) is 1.52. The molecule has 0 bridgehead atoms. The number of ether oxygens (including phenoxy) is 1. The SMILES string of the molecule is CC.CC.CC(=O)NN.CCN.COC. The molecule has 1 amide bonds. The fourth-order valence-electron chi connectivity index (χ4n) is 0. The summed E-state index contributed by atoms with van der Waals surface area (Å²) >= 11 is 0. The normalized spacial score (nSPS) is 5.47. The molecule has 0 aromatic rings. The number of rotatable bonds is 0. The lowest BCUT2D eigenvalue weighted by atomic mass is 10.8. The highest BCUT2D eigenvalue weighted by Gasteiger charge is 1.73. The van der Waals surface area contributed by atoms with Crippen molar-refractivity contribution in [1.82, 2.24) is 5.43 Å². The summed E-state index contributed by atoms with van der Waals surface area (Å²) in [5.74, 6) is 4.35. The predicted octanol–water partition coefficient (Wildman–Crippen LogP) is 1.28. The van der Waals surface area contributed by atoms with Crippen LogP contribution >= 0.6 is 0 Å². The van der Waals surface area contributed by atoms with E-state index in [1.807, 2.05) is 40.0 Å². The van der Waals surface area contributed by atoms with E-state index < -0.39 is 0 Å². The van der Waals surface area contributed by atoms with Crippen LogP contribution in [0.2, 0.25) is 0 Å². The molecule has 5 heteroatoms. The molecule has 0 aromatic carbocycles. The third-order valence-electron chi connectivity index (χ3n) is 0.203. The Morgan fingerprint density at radius 1 is 1.20 bits per heavy atom. The van der Waals surface area contributed by atoms with Gasteiger partial charge in [-0.1, -0.05) is 34.6 Å².